The molecule has 1 heterocycles. The van der Waals surface area contributed by atoms with E-state index in [1.165, 1.54) is 24.1 Å². The minimum atomic E-state index is -0.720. The summed E-state index contributed by atoms with van der Waals surface area (Å²) in [4.78, 5) is 12.9. The molecule has 1 N–H and O–H groups in total. The Hall–Kier alpha value is -1.03. The summed E-state index contributed by atoms with van der Waals surface area (Å²) in [6.07, 6.45) is 4.31. The number of hydrogen-bond acceptors (Lipinski definition) is 2. The molecule has 1 aromatic rings. The highest BCUT2D eigenvalue weighted by Crippen LogP contribution is 2.30. The lowest BCUT2D eigenvalue weighted by Crippen LogP contribution is -2.18. The Labute approximate surface area is 116 Å². The van der Waals surface area contributed by atoms with Gasteiger partial charge >= 0.3 is 5.97 Å². The first-order chi connectivity index (χ1) is 8.66. The van der Waals surface area contributed by atoms with E-state index in [4.69, 9.17) is 5.11 Å². The van der Waals surface area contributed by atoms with Crippen LogP contribution in [0.15, 0.2) is 22.7 Å². The largest absolute Gasteiger partial charge is 0.481 e. The quantitative estimate of drug-likeness (QED) is 0.905. The summed E-state index contributed by atoms with van der Waals surface area (Å²) in [6, 6.07) is 6.38. The first-order valence-corrected chi connectivity index (χ1v) is 7.21. The number of carboxylic acid groups (broad SMARTS) is 1. The summed E-state index contributed by atoms with van der Waals surface area (Å²) >= 11 is 3.62. The van der Waals surface area contributed by atoms with E-state index in [0.29, 0.717) is 6.42 Å². The molecule has 2 rings (SSSR count). The number of aliphatic carboxylic acids is 1. The lowest BCUT2D eigenvalue weighted by Gasteiger charge is -2.19. The van der Waals surface area contributed by atoms with Gasteiger partial charge in [-0.1, -0.05) is 6.07 Å². The van der Waals surface area contributed by atoms with Crippen LogP contribution in [0, 0.1) is 0 Å². The molecule has 3 nitrogen and oxygen atoms in total. The molecule has 1 aromatic carbocycles. The van der Waals surface area contributed by atoms with Gasteiger partial charge in [-0.05, 0) is 59.3 Å². The maximum Gasteiger partial charge on any atom is 0.303 e. The number of aryl methyl sites for hydroxylation is 1. The van der Waals surface area contributed by atoms with Gasteiger partial charge < -0.3 is 10.0 Å². The predicted octanol–water partition coefficient (Wildman–Crippen LogP) is 3.46. The molecule has 0 radical (unpaired) electrons. The molecule has 1 aliphatic rings. The van der Waals surface area contributed by atoms with Crippen molar-refractivity contribution < 1.29 is 9.90 Å². The topological polar surface area (TPSA) is 40.5 Å². The van der Waals surface area contributed by atoms with Crippen molar-refractivity contribution in [1.82, 2.24) is 0 Å². The number of anilines is 1. The molecule has 1 fully saturated rings. The normalized spacial score (nSPS) is 15.1. The molecular formula is C14H18BrNO2. The Morgan fingerprint density at radius 2 is 2.06 bits per heavy atom. The lowest BCUT2D eigenvalue weighted by atomic mass is 10.1. The number of halogens is 1. The van der Waals surface area contributed by atoms with E-state index in [9.17, 15) is 4.79 Å². The van der Waals surface area contributed by atoms with Crippen molar-refractivity contribution in [2.75, 3.05) is 18.0 Å². The zero-order chi connectivity index (χ0) is 13.0. The van der Waals surface area contributed by atoms with Crippen LogP contribution in [0.2, 0.25) is 0 Å². The van der Waals surface area contributed by atoms with Gasteiger partial charge in [-0.2, -0.15) is 0 Å². The molecule has 0 aromatic heterocycles. The molecule has 98 valence electrons. The van der Waals surface area contributed by atoms with Crippen molar-refractivity contribution in [2.45, 2.75) is 32.1 Å². The van der Waals surface area contributed by atoms with Crippen molar-refractivity contribution in [3.63, 3.8) is 0 Å². The van der Waals surface area contributed by atoms with Gasteiger partial charge in [0.05, 0.1) is 5.69 Å². The number of carbonyl (C=O) groups is 1. The number of rotatable bonds is 5. The highest BCUT2D eigenvalue weighted by molar-refractivity contribution is 9.10. The zero-order valence-electron chi connectivity index (χ0n) is 10.4. The molecule has 0 atom stereocenters. The average molecular weight is 312 g/mol. The van der Waals surface area contributed by atoms with Gasteiger partial charge in [0.1, 0.15) is 0 Å². The molecule has 0 bridgehead atoms. The van der Waals surface area contributed by atoms with E-state index in [0.717, 1.165) is 24.0 Å². The first-order valence-electron chi connectivity index (χ1n) is 6.42. The Morgan fingerprint density at radius 3 is 2.67 bits per heavy atom. The SMILES string of the molecule is O=C(O)CCCc1ccc(N2CCCC2)c(Br)c1. The second-order valence-electron chi connectivity index (χ2n) is 4.73. The average Bonchev–Trinajstić information content (AvgIpc) is 2.82. The molecule has 0 saturated carbocycles. The number of nitrogens with zero attached hydrogens (tertiary/aromatic N) is 1. The molecular weight excluding hydrogens is 294 g/mol. The summed E-state index contributed by atoms with van der Waals surface area (Å²) in [6.45, 7) is 2.27. The number of hydrogen-bond donors (Lipinski definition) is 1. The van der Waals surface area contributed by atoms with Crippen molar-refractivity contribution in [1.29, 1.82) is 0 Å². The zero-order valence-corrected chi connectivity index (χ0v) is 11.9. The molecule has 0 amide bonds. The van der Waals surface area contributed by atoms with E-state index in [1.54, 1.807) is 0 Å². The highest BCUT2D eigenvalue weighted by Gasteiger charge is 2.14. The van der Waals surface area contributed by atoms with Crippen LogP contribution in [-0.2, 0) is 11.2 Å². The Morgan fingerprint density at radius 1 is 1.33 bits per heavy atom. The molecule has 0 aliphatic carbocycles. The van der Waals surface area contributed by atoms with Gasteiger partial charge in [-0.25, -0.2) is 0 Å². The Bertz CT molecular complexity index is 428. The van der Waals surface area contributed by atoms with Crippen molar-refractivity contribution >= 4 is 27.6 Å². The van der Waals surface area contributed by atoms with E-state index < -0.39 is 5.97 Å². The van der Waals surface area contributed by atoms with Crippen LogP contribution in [-0.4, -0.2) is 24.2 Å². The van der Waals surface area contributed by atoms with Gasteiger partial charge in [0.2, 0.25) is 0 Å². The van der Waals surface area contributed by atoms with Crippen LogP contribution >= 0.6 is 15.9 Å². The highest BCUT2D eigenvalue weighted by atomic mass is 79.9. The van der Waals surface area contributed by atoms with Crippen LogP contribution in [0.3, 0.4) is 0 Å². The Balaban J connectivity index is 1.98. The third-order valence-corrected chi connectivity index (χ3v) is 3.95. The maximum atomic E-state index is 10.5. The van der Waals surface area contributed by atoms with Crippen LogP contribution in [0.4, 0.5) is 5.69 Å². The van der Waals surface area contributed by atoms with E-state index in [2.05, 4.69) is 39.0 Å². The van der Waals surface area contributed by atoms with E-state index in [-0.39, 0.29) is 6.42 Å². The fourth-order valence-electron chi connectivity index (χ4n) is 2.36. The maximum absolute atomic E-state index is 10.5. The first kappa shape index (κ1) is 13.4. The van der Waals surface area contributed by atoms with Crippen LogP contribution in [0.1, 0.15) is 31.2 Å². The minimum absolute atomic E-state index is 0.242. The van der Waals surface area contributed by atoms with Crippen molar-refractivity contribution in [2.24, 2.45) is 0 Å². The van der Waals surface area contributed by atoms with Gasteiger partial charge in [0, 0.05) is 24.0 Å². The lowest BCUT2D eigenvalue weighted by molar-refractivity contribution is -0.137. The Kier molecular flexibility index (Phi) is 4.64. The third-order valence-electron chi connectivity index (χ3n) is 3.31. The fourth-order valence-corrected chi connectivity index (χ4v) is 3.04. The van der Waals surface area contributed by atoms with Gasteiger partial charge in [-0.15, -0.1) is 0 Å². The predicted molar refractivity (Wildman–Crippen MR) is 76.2 cm³/mol. The molecule has 1 aliphatic heterocycles. The number of benzene rings is 1. The fraction of sp³-hybridized carbons (Fsp3) is 0.500. The van der Waals surface area contributed by atoms with Gasteiger partial charge in [0.15, 0.2) is 0 Å². The monoisotopic (exact) mass is 311 g/mol. The van der Waals surface area contributed by atoms with E-state index in [1.807, 2.05) is 0 Å². The van der Waals surface area contributed by atoms with Crippen molar-refractivity contribution in [3.8, 4) is 0 Å². The molecule has 4 heteroatoms. The molecule has 0 unspecified atom stereocenters. The summed E-state index contributed by atoms with van der Waals surface area (Å²) in [5.74, 6) is -0.720. The second kappa shape index (κ2) is 6.23. The summed E-state index contributed by atoms with van der Waals surface area (Å²) in [5.41, 5.74) is 2.46. The van der Waals surface area contributed by atoms with Crippen LogP contribution in [0.25, 0.3) is 0 Å². The summed E-state index contributed by atoms with van der Waals surface area (Å²) in [5, 5.41) is 8.62. The van der Waals surface area contributed by atoms with Crippen LogP contribution in [0.5, 0.6) is 0 Å². The molecule has 0 spiro atoms. The summed E-state index contributed by atoms with van der Waals surface area (Å²) in [7, 11) is 0. The van der Waals surface area contributed by atoms with Gasteiger partial charge in [0.25, 0.3) is 0 Å². The smallest absolute Gasteiger partial charge is 0.303 e. The van der Waals surface area contributed by atoms with Crippen molar-refractivity contribution in [3.05, 3.63) is 28.2 Å². The third kappa shape index (κ3) is 3.48. The van der Waals surface area contributed by atoms with E-state index >= 15 is 0 Å². The summed E-state index contributed by atoms with van der Waals surface area (Å²) < 4.78 is 1.12. The molecule has 1 saturated heterocycles. The van der Waals surface area contributed by atoms with Crippen LogP contribution < -0.4 is 4.90 Å². The second-order valence-corrected chi connectivity index (χ2v) is 5.58. The number of carboxylic acids is 1. The molecule has 18 heavy (non-hydrogen) atoms. The van der Waals surface area contributed by atoms with Gasteiger partial charge in [-0.3, -0.25) is 4.79 Å². The minimum Gasteiger partial charge on any atom is -0.481 e. The standard InChI is InChI=1S/C14H18BrNO2/c15-12-10-11(4-3-5-14(17)18)6-7-13(12)16-8-1-2-9-16/h6-7,10H,1-5,8-9H2,(H,17,18).